The topological polar surface area (TPSA) is 207 Å². The number of nitrogens with zero attached hydrogens (tertiary/aromatic N) is 10. The van der Waals surface area contributed by atoms with Gasteiger partial charge in [-0.15, -0.1) is 10.2 Å². The number of benzene rings is 3. The number of hydrogen-bond donors (Lipinski definition) is 4. The van der Waals surface area contributed by atoms with Gasteiger partial charge in [-0.05, 0) is 122 Å². The number of hydrogen-bond acceptors (Lipinski definition) is 16. The van der Waals surface area contributed by atoms with Gasteiger partial charge in [0.2, 0.25) is 17.6 Å². The average Bonchev–Trinajstić information content (AvgIpc) is 4.34. The van der Waals surface area contributed by atoms with Crippen molar-refractivity contribution in [2.75, 3.05) is 42.5 Å². The Bertz CT molecular complexity index is 3450. The number of anilines is 2. The Morgan fingerprint density at radius 3 is 2.31 bits per heavy atom. The van der Waals surface area contributed by atoms with Crippen LogP contribution in [0.15, 0.2) is 113 Å². The Hall–Kier alpha value is -7.64. The molecular formula is C61H67FN12O6. The number of phenols is 1. The van der Waals surface area contributed by atoms with Gasteiger partial charge in [-0.2, -0.15) is 0 Å². The van der Waals surface area contributed by atoms with Gasteiger partial charge in [0.25, 0.3) is 5.88 Å². The first-order valence-electron chi connectivity index (χ1n) is 28.6. The van der Waals surface area contributed by atoms with Crippen molar-refractivity contribution in [3.63, 3.8) is 0 Å². The number of oxime groups is 1. The van der Waals surface area contributed by atoms with E-state index in [1.54, 1.807) is 35.2 Å². The summed E-state index contributed by atoms with van der Waals surface area (Å²) in [6.45, 7) is 9.84. The van der Waals surface area contributed by atoms with Crippen molar-refractivity contribution in [1.29, 1.82) is 0 Å². The quantitative estimate of drug-likeness (QED) is 0.0851. The molecular weight excluding hydrogens is 1020 g/mol. The number of aliphatic hydroxyl groups is 1. The molecule has 6 atom stereocenters. The summed E-state index contributed by atoms with van der Waals surface area (Å²) < 4.78 is 26.8. The van der Waals surface area contributed by atoms with Crippen LogP contribution in [0.2, 0.25) is 0 Å². The second-order valence-electron chi connectivity index (χ2n) is 24.2. The van der Waals surface area contributed by atoms with Crippen molar-refractivity contribution in [3.05, 3.63) is 126 Å². The number of aliphatic hydroxyl groups excluding tert-OH is 1. The minimum atomic E-state index is -1.04. The van der Waals surface area contributed by atoms with E-state index in [1.165, 1.54) is 24.5 Å². The lowest BCUT2D eigenvalue weighted by molar-refractivity contribution is -0.134. The van der Waals surface area contributed by atoms with Crippen molar-refractivity contribution in [2.24, 2.45) is 16.5 Å². The van der Waals surface area contributed by atoms with Crippen LogP contribution in [0.1, 0.15) is 107 Å². The molecule has 80 heavy (non-hydrogen) atoms. The Kier molecular flexibility index (Phi) is 12.6. The number of fused-ring (bicyclic) bond motifs is 3. The number of aromatic amines is 1. The number of piperazine rings is 1. The van der Waals surface area contributed by atoms with E-state index in [9.17, 15) is 19.4 Å². The van der Waals surface area contributed by atoms with E-state index in [2.05, 4.69) is 57.9 Å². The zero-order valence-electron chi connectivity index (χ0n) is 45.3. The van der Waals surface area contributed by atoms with E-state index in [1.807, 2.05) is 75.5 Å². The molecule has 2 saturated carbocycles. The summed E-state index contributed by atoms with van der Waals surface area (Å²) >= 11 is 0. The van der Waals surface area contributed by atoms with Gasteiger partial charge in [0.15, 0.2) is 17.2 Å². The minimum absolute atomic E-state index is 0.0462. The maximum Gasteiger partial charge on any atom is 0.254 e. The van der Waals surface area contributed by atoms with Gasteiger partial charge in [0.05, 0.1) is 23.5 Å². The van der Waals surface area contributed by atoms with Crippen molar-refractivity contribution < 1.29 is 33.5 Å². The normalized spacial score (nSPS) is 28.0. The zero-order chi connectivity index (χ0) is 54.4. The van der Waals surface area contributed by atoms with Gasteiger partial charge in [0.1, 0.15) is 23.6 Å². The van der Waals surface area contributed by atoms with Crippen LogP contribution in [-0.4, -0.2) is 131 Å². The number of carbonyl (C=O) groups excluding carboxylic acids is 1. The van der Waals surface area contributed by atoms with Crippen molar-refractivity contribution in [2.45, 2.75) is 132 Å². The largest absolute Gasteiger partial charge is 0.507 e. The van der Waals surface area contributed by atoms with Crippen LogP contribution in [0.4, 0.5) is 16.0 Å². The third kappa shape index (κ3) is 9.05. The van der Waals surface area contributed by atoms with E-state index in [0.717, 1.165) is 98.5 Å². The Morgan fingerprint density at radius 2 is 1.59 bits per heavy atom. The number of likely N-dealkylation sites (tertiary alicyclic amines) is 2. The Labute approximate surface area is 463 Å². The SMILES string of the molecule is CC(C)[C@@H](C(=O)N1C[C@H](O)C[C@H]1C1=NO[C@](C)(c2ccc(-c3ccccc3F)cc2)N1)c1cc(O[C@H]2CC3(C2)C[C@H](N2CCC(c4cnc(N5C6CCC5CN(c5c[nH]c7nnc(-c8ccccc8O)cc57)C6)nc4)CC2)C3)no1. The lowest BCUT2D eigenvalue weighted by Gasteiger charge is -2.60. The van der Waals surface area contributed by atoms with Gasteiger partial charge in [-0.1, -0.05) is 73.6 Å². The number of β-amino-alcohol motifs (C(OH)–C–C–N with tert-alkyl or cyclic N) is 1. The van der Waals surface area contributed by atoms with Gasteiger partial charge in [0, 0.05) is 97.8 Å². The standard InChI is InChI=1S/C61H67FN12O6/c1-35(2)55(58(77)73-34-43(75)22-50(73)57-66-60(3,80-70-57)39-14-12-37(13-15-39)45-8-4-6-10-48(45)62)53-24-54(69-79-53)78-44-27-61(28-44)25-42(26-61)71-20-18-36(19-21-71)38-29-64-59(65-30-38)74-40-16-17-41(74)33-72(32-40)51-31-63-56-47(51)23-49(67-68-56)46-9-5-7-11-52(46)76/h4-15,23-24,29-31,35-36,40-44,50,55,75-76H,16-22,25-28,32-34H2,1-3H3,(H,63,68)(H,66,70)/t40?,41?,42-,43-,44-,50+,55-,60-,61?/m1/s1. The molecule has 7 aromatic rings. The molecule has 2 unspecified atom stereocenters. The number of ether oxygens (including phenoxy) is 1. The number of amidine groups is 1. The first kappa shape index (κ1) is 50.6. The van der Waals surface area contributed by atoms with Gasteiger partial charge in [-0.3, -0.25) is 4.79 Å². The molecule has 6 fully saturated rings. The number of aromatic hydroxyl groups is 1. The minimum Gasteiger partial charge on any atom is -0.507 e. The third-order valence-corrected chi connectivity index (χ3v) is 18.7. The molecule has 7 aliphatic rings. The molecule has 14 rings (SSSR count). The number of aromatic nitrogens is 6. The molecule has 0 radical (unpaired) electrons. The fourth-order valence-corrected chi connectivity index (χ4v) is 14.5. The lowest BCUT2D eigenvalue weighted by Crippen LogP contribution is -2.59. The number of amides is 1. The molecule has 4 aromatic heterocycles. The second kappa shape index (κ2) is 19.9. The summed E-state index contributed by atoms with van der Waals surface area (Å²) in [7, 11) is 0. The number of H-pyrrole nitrogens is 1. The van der Waals surface area contributed by atoms with Gasteiger partial charge in [-0.25, -0.2) is 14.4 Å². The van der Waals surface area contributed by atoms with Crippen LogP contribution in [0.25, 0.3) is 33.4 Å². The Morgan fingerprint density at radius 1 is 0.863 bits per heavy atom. The highest BCUT2D eigenvalue weighted by Crippen LogP contribution is 2.58. The molecule has 1 spiro atoms. The molecule has 9 heterocycles. The van der Waals surface area contributed by atoms with Crippen LogP contribution in [0.3, 0.4) is 0 Å². The average molecular weight is 1080 g/mol. The number of rotatable bonds is 13. The lowest BCUT2D eigenvalue weighted by atomic mass is 9.52. The molecule has 2 aliphatic carbocycles. The van der Waals surface area contributed by atoms with Crippen LogP contribution >= 0.6 is 0 Å². The highest BCUT2D eigenvalue weighted by atomic mass is 19.1. The number of halogens is 1. The molecule has 414 valence electrons. The first-order valence-corrected chi connectivity index (χ1v) is 28.6. The Balaban J connectivity index is 0.541. The van der Waals surface area contributed by atoms with Gasteiger partial charge >= 0.3 is 0 Å². The maximum atomic E-state index is 14.5. The number of nitrogens with one attached hydrogen (secondary N) is 2. The molecule has 18 nitrogen and oxygen atoms in total. The van der Waals surface area contributed by atoms with E-state index < -0.39 is 23.8 Å². The summed E-state index contributed by atoms with van der Waals surface area (Å²) in [5.74, 6) is 1.48. The molecule has 4 N–H and O–H groups in total. The van der Waals surface area contributed by atoms with Crippen LogP contribution < -0.4 is 19.9 Å². The molecule has 5 aliphatic heterocycles. The summed E-state index contributed by atoms with van der Waals surface area (Å²) in [5, 5.41) is 43.4. The van der Waals surface area contributed by atoms with E-state index in [4.69, 9.17) is 24.1 Å². The van der Waals surface area contributed by atoms with Crippen LogP contribution in [0.5, 0.6) is 11.6 Å². The number of phenolic OH excluding ortho intramolecular Hbond substituents is 1. The monoisotopic (exact) mass is 1080 g/mol. The van der Waals surface area contributed by atoms with E-state index >= 15 is 0 Å². The van der Waals surface area contributed by atoms with Gasteiger partial charge < -0.3 is 54.2 Å². The fourth-order valence-electron chi connectivity index (χ4n) is 14.5. The number of carbonyl (C=O) groups is 1. The summed E-state index contributed by atoms with van der Waals surface area (Å²) in [6, 6.07) is 25.8. The fraction of sp³-hybridized carbons (Fsp3) is 0.459. The predicted octanol–water partition coefficient (Wildman–Crippen LogP) is 8.85. The third-order valence-electron chi connectivity index (χ3n) is 18.7. The zero-order valence-corrected chi connectivity index (χ0v) is 45.3. The highest BCUT2D eigenvalue weighted by Gasteiger charge is 2.56. The number of para-hydroxylation sites is 1. The molecule has 4 saturated heterocycles. The van der Waals surface area contributed by atoms with Crippen LogP contribution in [-0.2, 0) is 15.4 Å². The summed E-state index contributed by atoms with van der Waals surface area (Å²) in [6.07, 6.45) is 14.5. The van der Waals surface area contributed by atoms with Crippen LogP contribution in [0, 0.1) is 17.2 Å². The smallest absolute Gasteiger partial charge is 0.254 e. The highest BCUT2D eigenvalue weighted by molar-refractivity contribution is 5.95. The molecule has 1 amide bonds. The predicted molar refractivity (Wildman–Crippen MR) is 298 cm³/mol. The molecule has 2 bridgehead atoms. The molecule has 3 aromatic carbocycles. The second-order valence-corrected chi connectivity index (χ2v) is 24.2. The first-order chi connectivity index (χ1) is 38.8. The summed E-state index contributed by atoms with van der Waals surface area (Å²) in [4.78, 5) is 43.1. The summed E-state index contributed by atoms with van der Waals surface area (Å²) in [5.41, 5.74) is 5.69. The van der Waals surface area contributed by atoms with Crippen molar-refractivity contribution in [1.82, 2.24) is 45.4 Å². The molecule has 19 heteroatoms. The van der Waals surface area contributed by atoms with Crippen molar-refractivity contribution in [3.8, 4) is 34.0 Å². The van der Waals surface area contributed by atoms with E-state index in [-0.39, 0.29) is 36.0 Å². The van der Waals surface area contributed by atoms with Crippen molar-refractivity contribution >= 4 is 34.4 Å². The van der Waals surface area contributed by atoms with E-state index in [0.29, 0.717) is 70.2 Å². The number of piperidine rings is 1. The maximum absolute atomic E-state index is 14.5.